The first-order chi connectivity index (χ1) is 20.2. The van der Waals surface area contributed by atoms with Crippen molar-refractivity contribution in [1.82, 2.24) is 15.3 Å². The van der Waals surface area contributed by atoms with Gasteiger partial charge in [-0.1, -0.05) is 29.8 Å². The number of hydrogen-bond donors (Lipinski definition) is 4. The summed E-state index contributed by atoms with van der Waals surface area (Å²) in [6, 6.07) is 8.04. The Kier molecular flexibility index (Phi) is 9.91. The van der Waals surface area contributed by atoms with Crippen LogP contribution < -0.4 is 46.1 Å². The number of nitrogens with one attached hydrogen (secondary N) is 3. The Morgan fingerprint density at radius 3 is 2.38 bits per heavy atom. The molecule has 0 bridgehead atoms. The van der Waals surface area contributed by atoms with Gasteiger partial charge in [0.2, 0.25) is 0 Å². The van der Waals surface area contributed by atoms with Gasteiger partial charge in [-0.05, 0) is 24.3 Å². The smallest absolute Gasteiger partial charge is 0.327 e. The molecule has 3 aromatic rings. The third-order valence-electron chi connectivity index (χ3n) is 6.50. The van der Waals surface area contributed by atoms with Gasteiger partial charge in [0.05, 0.1) is 31.3 Å². The van der Waals surface area contributed by atoms with Gasteiger partial charge in [0.1, 0.15) is 39.5 Å². The van der Waals surface area contributed by atoms with E-state index < -0.39 is 11.9 Å². The molecule has 1 fully saturated rings. The molecule has 0 saturated carbocycles. The third-order valence-corrected chi connectivity index (χ3v) is 7.25. The Morgan fingerprint density at radius 1 is 1.10 bits per heavy atom. The maximum absolute atomic E-state index is 13.2. The molecule has 1 saturated heterocycles. The number of halogens is 2. The Hall–Kier alpha value is -4.30. The number of hydrogen-bond acceptors (Lipinski definition) is 10. The fourth-order valence-electron chi connectivity index (χ4n) is 4.19. The highest BCUT2D eigenvalue weighted by Crippen LogP contribution is 2.44. The largest absolute Gasteiger partial charge is 0.495 e. The zero-order chi connectivity index (χ0) is 30.4. The van der Waals surface area contributed by atoms with E-state index in [1.54, 1.807) is 12.1 Å². The van der Waals surface area contributed by atoms with Gasteiger partial charge < -0.3 is 30.3 Å². The van der Waals surface area contributed by atoms with Gasteiger partial charge >= 0.3 is 6.03 Å². The van der Waals surface area contributed by atoms with E-state index in [9.17, 15) is 9.59 Å². The quantitative estimate of drug-likeness (QED) is 0.120. The number of piperazine rings is 1. The molecule has 3 amide bonds. The second-order valence-corrected chi connectivity index (χ2v) is 9.77. The molecule has 5 N–H and O–H groups in total. The first-order valence-corrected chi connectivity index (χ1v) is 13.5. The summed E-state index contributed by atoms with van der Waals surface area (Å²) in [4.78, 5) is 37.5. The zero-order valence-corrected chi connectivity index (χ0v) is 24.8. The van der Waals surface area contributed by atoms with Gasteiger partial charge in [-0.15, -0.1) is 0 Å². The number of nitrogens with two attached hydrogens (primary N) is 1. The van der Waals surface area contributed by atoms with E-state index >= 15 is 0 Å². The third kappa shape index (κ3) is 6.60. The molecule has 222 valence electrons. The van der Waals surface area contributed by atoms with Crippen molar-refractivity contribution in [1.29, 1.82) is 0 Å². The lowest BCUT2D eigenvalue weighted by Gasteiger charge is -2.31. The molecule has 2 heterocycles. The molecule has 15 heteroatoms. The minimum absolute atomic E-state index is 0.104. The van der Waals surface area contributed by atoms with Crippen LogP contribution in [0.15, 0.2) is 49.3 Å². The van der Waals surface area contributed by atoms with Crippen LogP contribution in [0, 0.1) is 0 Å². The van der Waals surface area contributed by atoms with Crippen LogP contribution in [0.1, 0.15) is 0 Å². The second-order valence-electron chi connectivity index (χ2n) is 9.01. The fourth-order valence-corrected chi connectivity index (χ4v) is 4.78. The highest BCUT2D eigenvalue weighted by atomic mass is 35.5. The van der Waals surface area contributed by atoms with Crippen molar-refractivity contribution in [2.45, 2.75) is 0 Å². The molecule has 0 atom stereocenters. The highest BCUT2D eigenvalue weighted by molar-refractivity contribution is 6.41. The van der Waals surface area contributed by atoms with Crippen molar-refractivity contribution in [2.24, 2.45) is 5.84 Å². The molecular weight excluding hydrogens is 585 g/mol. The monoisotopic (exact) mass is 615 g/mol. The summed E-state index contributed by atoms with van der Waals surface area (Å²) < 4.78 is 10.5. The van der Waals surface area contributed by atoms with Gasteiger partial charge in [-0.2, -0.15) is 0 Å². The molecule has 4 rings (SSSR count). The first-order valence-electron chi connectivity index (χ1n) is 12.7. The lowest BCUT2D eigenvalue weighted by Crippen LogP contribution is -2.43. The summed E-state index contributed by atoms with van der Waals surface area (Å²) in [6.45, 7) is 6.86. The topological polar surface area (TPSA) is 150 Å². The average molecular weight is 617 g/mol. The maximum Gasteiger partial charge on any atom is 0.327 e. The predicted octanol–water partition coefficient (Wildman–Crippen LogP) is 4.01. The highest BCUT2D eigenvalue weighted by Gasteiger charge is 2.22. The van der Waals surface area contributed by atoms with Gasteiger partial charge in [0, 0.05) is 51.0 Å². The molecule has 13 nitrogen and oxygen atoms in total. The minimum Gasteiger partial charge on any atom is -0.495 e. The molecule has 1 aromatic heterocycles. The fraction of sp³-hybridized carbons (Fsp3) is 0.259. The van der Waals surface area contributed by atoms with E-state index in [4.69, 9.17) is 38.5 Å². The van der Waals surface area contributed by atoms with E-state index in [1.807, 2.05) is 12.1 Å². The number of anilines is 6. The van der Waals surface area contributed by atoms with Crippen LogP contribution in [0.5, 0.6) is 11.5 Å². The summed E-state index contributed by atoms with van der Waals surface area (Å²) in [5, 5.41) is 10.4. The molecular formula is C27H31Cl2N9O4. The lowest BCUT2D eigenvalue weighted by molar-refractivity contribution is -0.114. The Morgan fingerprint density at radius 2 is 1.76 bits per heavy atom. The van der Waals surface area contributed by atoms with E-state index in [2.05, 4.69) is 37.4 Å². The number of amides is 3. The van der Waals surface area contributed by atoms with Crippen LogP contribution in [0.25, 0.3) is 0 Å². The second kappa shape index (κ2) is 13.6. The number of nitrogens with zero attached hydrogens (tertiary/aromatic N) is 5. The maximum atomic E-state index is 13.2. The molecule has 2 aromatic carbocycles. The predicted molar refractivity (Wildman–Crippen MR) is 166 cm³/mol. The van der Waals surface area contributed by atoms with Crippen molar-refractivity contribution >= 4 is 69.5 Å². The van der Waals surface area contributed by atoms with Crippen molar-refractivity contribution in [3.63, 3.8) is 0 Å². The van der Waals surface area contributed by atoms with Gasteiger partial charge in [-0.25, -0.2) is 25.6 Å². The SMILES string of the molecule is C=CC(=O)N(N)c1cc(N2CCNCC2)ccc1Nc1cc(N(C)C(=O)Nc2c(Cl)c(OC)cc(OC)c2Cl)ncn1. The molecule has 42 heavy (non-hydrogen) atoms. The summed E-state index contributed by atoms with van der Waals surface area (Å²) in [5.41, 5.74) is 1.95. The van der Waals surface area contributed by atoms with Crippen molar-refractivity contribution < 1.29 is 19.1 Å². The number of rotatable bonds is 9. The van der Waals surface area contributed by atoms with Crippen molar-refractivity contribution in [2.75, 3.05) is 72.9 Å². The number of hydrazine groups is 1. The van der Waals surface area contributed by atoms with Gasteiger partial charge in [0.25, 0.3) is 5.91 Å². The van der Waals surface area contributed by atoms with E-state index in [0.29, 0.717) is 17.2 Å². The number of urea groups is 1. The summed E-state index contributed by atoms with van der Waals surface area (Å²) in [7, 11) is 4.38. The number of methoxy groups -OCH3 is 2. The average Bonchev–Trinajstić information content (AvgIpc) is 3.02. The van der Waals surface area contributed by atoms with Crippen molar-refractivity contribution in [3.8, 4) is 11.5 Å². The zero-order valence-electron chi connectivity index (χ0n) is 23.3. The summed E-state index contributed by atoms with van der Waals surface area (Å²) in [5.74, 6) is 6.81. The van der Waals surface area contributed by atoms with E-state index in [1.165, 1.54) is 38.6 Å². The molecule has 1 aliphatic rings. The van der Waals surface area contributed by atoms with Crippen molar-refractivity contribution in [3.05, 3.63) is 59.4 Å². The minimum atomic E-state index is -0.593. The van der Waals surface area contributed by atoms with Crippen LogP contribution in [0.2, 0.25) is 10.0 Å². The Labute approximate surface area is 253 Å². The first kappa shape index (κ1) is 30.7. The summed E-state index contributed by atoms with van der Waals surface area (Å²) in [6.07, 6.45) is 2.42. The van der Waals surface area contributed by atoms with Gasteiger partial charge in [0.15, 0.2) is 0 Å². The van der Waals surface area contributed by atoms with E-state index in [0.717, 1.165) is 43.0 Å². The molecule has 0 radical (unpaired) electrons. The molecule has 0 unspecified atom stereocenters. The lowest BCUT2D eigenvalue weighted by atomic mass is 10.2. The standard InChI is InChI=1S/C27H31Cl2N9O4/c1-5-23(39)38(30)18-12-16(37-10-8-31-9-11-37)6-7-17(18)34-21-14-22(33-15-32-21)36(2)27(40)35-26-24(28)19(41-3)13-20(42-4)25(26)29/h5-7,12-15,31H,1,8-11,30H2,2-4H3,(H,35,40)(H,32,33,34). The number of carbonyl (C=O) groups excluding carboxylic acids is 2. The molecule has 1 aliphatic heterocycles. The van der Waals surface area contributed by atoms with E-state index in [-0.39, 0.29) is 33.0 Å². The summed E-state index contributed by atoms with van der Waals surface area (Å²) >= 11 is 12.8. The Bertz CT molecular complexity index is 1460. The number of carbonyl (C=O) groups is 2. The van der Waals surface area contributed by atoms with Gasteiger partial charge in [-0.3, -0.25) is 9.69 Å². The normalized spacial score (nSPS) is 12.8. The molecule has 0 aliphatic carbocycles. The number of aromatic nitrogens is 2. The van der Waals surface area contributed by atoms with Crippen LogP contribution in [0.3, 0.4) is 0 Å². The van der Waals surface area contributed by atoms with Crippen LogP contribution >= 0.6 is 23.2 Å². The van der Waals surface area contributed by atoms with Crippen LogP contribution in [-0.4, -0.2) is 69.4 Å². The Balaban J connectivity index is 1.59. The van der Waals surface area contributed by atoms with Crippen LogP contribution in [0.4, 0.5) is 39.2 Å². The number of ether oxygens (including phenoxy) is 2. The number of benzene rings is 2. The molecule has 0 spiro atoms. The van der Waals surface area contributed by atoms with Crippen LogP contribution in [-0.2, 0) is 4.79 Å².